The van der Waals surface area contributed by atoms with Gasteiger partial charge in [-0.2, -0.15) is 16.9 Å². The number of carbonyl (C=O) groups is 1. The monoisotopic (exact) mass is 358 g/mol. The Morgan fingerprint density at radius 3 is 2.84 bits per heavy atom. The van der Waals surface area contributed by atoms with Gasteiger partial charge in [0.2, 0.25) is 5.91 Å². The highest BCUT2D eigenvalue weighted by Crippen LogP contribution is 2.26. The third-order valence-electron chi connectivity index (χ3n) is 3.30. The van der Waals surface area contributed by atoms with Gasteiger partial charge in [-0.3, -0.25) is 4.79 Å². The van der Waals surface area contributed by atoms with Crippen LogP contribution in [0.25, 0.3) is 0 Å². The second kappa shape index (κ2) is 10.4. The van der Waals surface area contributed by atoms with Gasteiger partial charge < -0.3 is 9.84 Å². The number of aromatic hydroxyl groups is 1. The SMILES string of the molecule is CCOc1cc(/C=N\NC(=O)CSCCc2ccccc2)ccc1O. The Morgan fingerprint density at radius 1 is 1.28 bits per heavy atom. The molecule has 0 aliphatic heterocycles. The van der Waals surface area contributed by atoms with Crippen LogP contribution < -0.4 is 10.2 Å². The molecule has 25 heavy (non-hydrogen) atoms. The number of hydrogen-bond acceptors (Lipinski definition) is 5. The number of ether oxygens (including phenoxy) is 1. The first-order valence-corrected chi connectivity index (χ1v) is 9.24. The summed E-state index contributed by atoms with van der Waals surface area (Å²) in [6.07, 6.45) is 2.46. The summed E-state index contributed by atoms with van der Waals surface area (Å²) in [6, 6.07) is 15.1. The largest absolute Gasteiger partial charge is 0.504 e. The van der Waals surface area contributed by atoms with E-state index in [9.17, 15) is 9.90 Å². The molecule has 0 aliphatic rings. The van der Waals surface area contributed by atoms with Crippen molar-refractivity contribution in [2.75, 3.05) is 18.1 Å². The topological polar surface area (TPSA) is 70.9 Å². The van der Waals surface area contributed by atoms with E-state index in [1.807, 2.05) is 25.1 Å². The molecule has 0 bridgehead atoms. The number of carbonyl (C=O) groups excluding carboxylic acids is 1. The van der Waals surface area contributed by atoms with Crippen molar-refractivity contribution in [2.45, 2.75) is 13.3 Å². The van der Waals surface area contributed by atoms with Crippen LogP contribution in [-0.4, -0.2) is 35.3 Å². The van der Waals surface area contributed by atoms with Gasteiger partial charge in [0.05, 0.1) is 18.6 Å². The van der Waals surface area contributed by atoms with Crippen LogP contribution in [-0.2, 0) is 11.2 Å². The van der Waals surface area contributed by atoms with E-state index in [2.05, 4.69) is 22.7 Å². The van der Waals surface area contributed by atoms with E-state index in [1.54, 1.807) is 23.9 Å². The van der Waals surface area contributed by atoms with Crippen LogP contribution in [0, 0.1) is 0 Å². The fourth-order valence-electron chi connectivity index (χ4n) is 2.09. The van der Waals surface area contributed by atoms with Crippen molar-refractivity contribution in [3.05, 3.63) is 59.7 Å². The molecule has 0 saturated carbocycles. The number of phenols is 1. The minimum Gasteiger partial charge on any atom is -0.504 e. The number of aryl methyl sites for hydroxylation is 1. The zero-order valence-electron chi connectivity index (χ0n) is 14.1. The minimum atomic E-state index is -0.141. The van der Waals surface area contributed by atoms with Crippen LogP contribution in [0.15, 0.2) is 53.6 Å². The van der Waals surface area contributed by atoms with E-state index in [1.165, 1.54) is 17.8 Å². The molecule has 0 radical (unpaired) electrons. The average molecular weight is 358 g/mol. The molecule has 2 aromatic carbocycles. The number of benzene rings is 2. The van der Waals surface area contributed by atoms with Crippen molar-refractivity contribution in [2.24, 2.45) is 5.10 Å². The molecule has 0 unspecified atom stereocenters. The molecule has 0 heterocycles. The zero-order valence-corrected chi connectivity index (χ0v) is 15.0. The Balaban J connectivity index is 1.70. The standard InChI is InChI=1S/C19H22N2O3S/c1-2-24-18-12-16(8-9-17(18)22)13-20-21-19(23)14-25-11-10-15-6-4-3-5-7-15/h3-9,12-13,22H,2,10-11,14H2,1H3,(H,21,23)/b20-13-. The van der Waals surface area contributed by atoms with Gasteiger partial charge in [-0.25, -0.2) is 5.43 Å². The lowest BCUT2D eigenvalue weighted by atomic mass is 10.2. The van der Waals surface area contributed by atoms with E-state index < -0.39 is 0 Å². The highest BCUT2D eigenvalue weighted by Gasteiger charge is 2.03. The first-order chi connectivity index (χ1) is 12.2. The Labute approximate surface area is 152 Å². The van der Waals surface area contributed by atoms with Gasteiger partial charge in [-0.1, -0.05) is 30.3 Å². The summed E-state index contributed by atoms with van der Waals surface area (Å²) in [5.41, 5.74) is 4.51. The van der Waals surface area contributed by atoms with Crippen LogP contribution in [0.2, 0.25) is 0 Å². The quantitative estimate of drug-likeness (QED) is 0.410. The van der Waals surface area contributed by atoms with Gasteiger partial charge in [0, 0.05) is 0 Å². The number of amides is 1. The van der Waals surface area contributed by atoms with Crippen LogP contribution in [0.5, 0.6) is 11.5 Å². The molecule has 0 spiro atoms. The zero-order chi connectivity index (χ0) is 17.9. The first kappa shape index (κ1) is 18.9. The maximum Gasteiger partial charge on any atom is 0.250 e. The van der Waals surface area contributed by atoms with Crippen molar-refractivity contribution in [1.29, 1.82) is 0 Å². The number of hydrazone groups is 1. The Kier molecular flexibility index (Phi) is 7.85. The van der Waals surface area contributed by atoms with E-state index in [0.29, 0.717) is 18.1 Å². The summed E-state index contributed by atoms with van der Waals surface area (Å²) in [5.74, 6) is 1.59. The van der Waals surface area contributed by atoms with Crippen LogP contribution in [0.3, 0.4) is 0 Å². The van der Waals surface area contributed by atoms with Gasteiger partial charge in [0.1, 0.15) is 0 Å². The van der Waals surface area contributed by atoms with E-state index >= 15 is 0 Å². The highest BCUT2D eigenvalue weighted by molar-refractivity contribution is 7.99. The molecule has 2 rings (SSSR count). The number of thioether (sulfide) groups is 1. The lowest BCUT2D eigenvalue weighted by Crippen LogP contribution is -2.20. The summed E-state index contributed by atoms with van der Waals surface area (Å²) in [5, 5.41) is 13.6. The summed E-state index contributed by atoms with van der Waals surface area (Å²) in [4.78, 5) is 11.8. The lowest BCUT2D eigenvalue weighted by Gasteiger charge is -2.06. The first-order valence-electron chi connectivity index (χ1n) is 8.08. The fourth-order valence-corrected chi connectivity index (χ4v) is 2.87. The van der Waals surface area contributed by atoms with Crippen LogP contribution >= 0.6 is 11.8 Å². The lowest BCUT2D eigenvalue weighted by molar-refractivity contribution is -0.118. The molecule has 0 fully saturated rings. The molecule has 1 amide bonds. The predicted molar refractivity (Wildman–Crippen MR) is 102 cm³/mol. The summed E-state index contributed by atoms with van der Waals surface area (Å²) < 4.78 is 5.30. The number of hydrogen-bond donors (Lipinski definition) is 2. The minimum absolute atomic E-state index is 0.0813. The van der Waals surface area contributed by atoms with Gasteiger partial charge in [-0.05, 0) is 48.4 Å². The molecule has 132 valence electrons. The molecule has 2 aromatic rings. The van der Waals surface area contributed by atoms with Gasteiger partial charge in [0.15, 0.2) is 11.5 Å². The van der Waals surface area contributed by atoms with Gasteiger partial charge in [-0.15, -0.1) is 0 Å². The van der Waals surface area contributed by atoms with Gasteiger partial charge >= 0.3 is 0 Å². The summed E-state index contributed by atoms with van der Waals surface area (Å²) in [6.45, 7) is 2.31. The third-order valence-corrected chi connectivity index (χ3v) is 4.26. The molecule has 6 heteroatoms. The molecule has 0 saturated heterocycles. The van der Waals surface area contributed by atoms with Gasteiger partial charge in [0.25, 0.3) is 0 Å². The van der Waals surface area contributed by atoms with E-state index in [0.717, 1.165) is 17.7 Å². The normalized spacial score (nSPS) is 10.8. The van der Waals surface area contributed by atoms with Crippen molar-refractivity contribution < 1.29 is 14.6 Å². The molecule has 5 nitrogen and oxygen atoms in total. The number of nitrogens with one attached hydrogen (secondary N) is 1. The second-order valence-electron chi connectivity index (χ2n) is 5.24. The van der Waals surface area contributed by atoms with E-state index in [4.69, 9.17) is 4.74 Å². The number of nitrogens with zero attached hydrogens (tertiary/aromatic N) is 1. The van der Waals surface area contributed by atoms with Crippen molar-refractivity contribution in [3.63, 3.8) is 0 Å². The summed E-state index contributed by atoms with van der Waals surface area (Å²) >= 11 is 1.57. The molecular weight excluding hydrogens is 336 g/mol. The Morgan fingerprint density at radius 2 is 2.08 bits per heavy atom. The van der Waals surface area contributed by atoms with Crippen LogP contribution in [0.1, 0.15) is 18.1 Å². The smallest absolute Gasteiger partial charge is 0.250 e. The van der Waals surface area contributed by atoms with E-state index in [-0.39, 0.29) is 11.7 Å². The predicted octanol–water partition coefficient (Wildman–Crippen LogP) is 3.22. The molecule has 0 atom stereocenters. The van der Waals surface area contributed by atoms with Crippen molar-refractivity contribution in [1.82, 2.24) is 5.43 Å². The molecular formula is C19H22N2O3S. The number of rotatable bonds is 9. The fraction of sp³-hybridized carbons (Fsp3) is 0.263. The maximum atomic E-state index is 11.8. The molecule has 0 aliphatic carbocycles. The average Bonchev–Trinajstić information content (AvgIpc) is 2.62. The van der Waals surface area contributed by atoms with Crippen LogP contribution in [0.4, 0.5) is 0 Å². The maximum absolute atomic E-state index is 11.8. The van der Waals surface area contributed by atoms with Crippen molar-refractivity contribution >= 4 is 23.9 Å². The second-order valence-corrected chi connectivity index (χ2v) is 6.35. The Hall–Kier alpha value is -2.47. The highest BCUT2D eigenvalue weighted by atomic mass is 32.2. The Bertz CT molecular complexity index is 705. The summed E-state index contributed by atoms with van der Waals surface area (Å²) in [7, 11) is 0. The molecule has 2 N–H and O–H groups in total. The molecule has 0 aromatic heterocycles. The third kappa shape index (κ3) is 6.89. The van der Waals surface area contributed by atoms with Crippen molar-refractivity contribution in [3.8, 4) is 11.5 Å². The number of phenolic OH excluding ortho intramolecular Hbond substituents is 1.